The number of hydrogen-bond acceptors (Lipinski definition) is 5. The number of hydrogen-bond donors (Lipinski definition) is 2. The molecule has 5 nitrogen and oxygen atoms in total. The molecule has 0 amide bonds. The number of aromatic nitrogens is 2. The predicted molar refractivity (Wildman–Crippen MR) is 105 cm³/mol. The first-order valence-corrected chi connectivity index (χ1v) is 9.89. The summed E-state index contributed by atoms with van der Waals surface area (Å²) in [6.45, 7) is 3.51. The van der Waals surface area contributed by atoms with Crippen LogP contribution in [0.3, 0.4) is 0 Å². The van der Waals surface area contributed by atoms with Gasteiger partial charge in [-0.3, -0.25) is 9.69 Å². The molecule has 2 aromatic heterocycles. The van der Waals surface area contributed by atoms with Gasteiger partial charge in [-0.15, -0.1) is 11.3 Å². The van der Waals surface area contributed by atoms with E-state index in [-0.39, 0.29) is 5.56 Å². The molecule has 3 aromatic rings. The average Bonchev–Trinajstić information content (AvgIpc) is 3.15. The van der Waals surface area contributed by atoms with Crippen molar-refractivity contribution >= 4 is 21.6 Å². The second-order valence-electron chi connectivity index (χ2n) is 7.05. The highest BCUT2D eigenvalue weighted by molar-refractivity contribution is 7.18. The van der Waals surface area contributed by atoms with Gasteiger partial charge in [0.15, 0.2) is 0 Å². The molecule has 0 saturated carbocycles. The molecule has 2 N–H and O–H groups in total. The largest absolute Gasteiger partial charge is 0.392 e. The molecule has 1 aliphatic carbocycles. The number of fused-ring (bicyclic) bond motifs is 3. The fraction of sp³-hybridized carbons (Fsp3) is 0.400. The van der Waals surface area contributed by atoms with Gasteiger partial charge in [-0.05, 0) is 37.3 Å². The van der Waals surface area contributed by atoms with Crippen molar-refractivity contribution in [1.29, 1.82) is 0 Å². The molecular weight excluding hydrogens is 346 g/mol. The van der Waals surface area contributed by atoms with Crippen LogP contribution in [0.15, 0.2) is 35.1 Å². The molecule has 2 heterocycles. The maximum atomic E-state index is 12.6. The quantitative estimate of drug-likeness (QED) is 0.701. The molecule has 1 aromatic carbocycles. The molecule has 1 atom stereocenters. The molecule has 0 radical (unpaired) electrons. The molecule has 6 heteroatoms. The Bertz CT molecular complexity index is 962. The highest BCUT2D eigenvalue weighted by Crippen LogP contribution is 2.34. The fourth-order valence-corrected chi connectivity index (χ4v) is 5.01. The molecule has 4 rings (SSSR count). The number of aryl methyl sites for hydroxylation is 2. The molecular formula is C20H23N3O2S. The van der Waals surface area contributed by atoms with Crippen molar-refractivity contribution < 1.29 is 5.11 Å². The summed E-state index contributed by atoms with van der Waals surface area (Å²) < 4.78 is 0. The number of benzene rings is 1. The molecule has 0 saturated heterocycles. The minimum atomic E-state index is -0.445. The molecule has 1 unspecified atom stereocenters. The number of aliphatic hydroxyl groups is 1. The Balaban J connectivity index is 1.61. The van der Waals surface area contributed by atoms with E-state index in [2.05, 4.69) is 22.0 Å². The zero-order valence-electron chi connectivity index (χ0n) is 14.9. The second-order valence-corrected chi connectivity index (χ2v) is 8.14. The summed E-state index contributed by atoms with van der Waals surface area (Å²) >= 11 is 1.66. The number of H-pyrrole nitrogens is 1. The standard InChI is InChI=1S/C20H23N3O2S/c1-13(24)10-23(11-14-6-3-2-4-7-14)12-17-21-19(25)18-15-8-5-9-16(15)26-20(18)22-17/h2-4,6-7,13,24H,5,8-12H2,1H3,(H,21,22,25). The van der Waals surface area contributed by atoms with Gasteiger partial charge < -0.3 is 10.1 Å². The van der Waals surface area contributed by atoms with Crippen molar-refractivity contribution in [1.82, 2.24) is 14.9 Å². The smallest absolute Gasteiger partial charge is 0.259 e. The maximum Gasteiger partial charge on any atom is 0.259 e. The van der Waals surface area contributed by atoms with Crippen molar-refractivity contribution in [2.24, 2.45) is 0 Å². The van der Waals surface area contributed by atoms with Crippen molar-refractivity contribution in [3.05, 3.63) is 62.5 Å². The number of rotatable bonds is 6. The topological polar surface area (TPSA) is 69.2 Å². The van der Waals surface area contributed by atoms with E-state index in [0.29, 0.717) is 25.5 Å². The SMILES string of the molecule is CC(O)CN(Cc1ccccc1)Cc1nc2sc3c(c2c(=O)[nH]1)CCC3. The van der Waals surface area contributed by atoms with Gasteiger partial charge in [-0.1, -0.05) is 30.3 Å². The van der Waals surface area contributed by atoms with Crippen LogP contribution in [0.25, 0.3) is 10.2 Å². The van der Waals surface area contributed by atoms with Crippen molar-refractivity contribution in [2.75, 3.05) is 6.54 Å². The lowest BCUT2D eigenvalue weighted by Crippen LogP contribution is -2.31. The average molecular weight is 369 g/mol. The summed E-state index contributed by atoms with van der Waals surface area (Å²) in [4.78, 5) is 24.6. The van der Waals surface area contributed by atoms with E-state index in [1.54, 1.807) is 18.3 Å². The minimum absolute atomic E-state index is 0.0268. The number of nitrogens with one attached hydrogen (secondary N) is 1. The Morgan fingerprint density at radius 2 is 2.08 bits per heavy atom. The van der Waals surface area contributed by atoms with Gasteiger partial charge in [0.1, 0.15) is 10.7 Å². The number of thiophene rings is 1. The zero-order chi connectivity index (χ0) is 18.1. The van der Waals surface area contributed by atoms with E-state index in [1.807, 2.05) is 18.2 Å². The first-order valence-electron chi connectivity index (χ1n) is 9.08. The monoisotopic (exact) mass is 369 g/mol. The fourth-order valence-electron chi connectivity index (χ4n) is 3.73. The highest BCUT2D eigenvalue weighted by Gasteiger charge is 2.21. The minimum Gasteiger partial charge on any atom is -0.392 e. The Morgan fingerprint density at radius 3 is 2.85 bits per heavy atom. The van der Waals surface area contributed by atoms with Crippen LogP contribution in [0, 0.1) is 0 Å². The first-order chi connectivity index (χ1) is 12.6. The van der Waals surface area contributed by atoms with Gasteiger partial charge >= 0.3 is 0 Å². The van der Waals surface area contributed by atoms with Crippen molar-refractivity contribution in [3.63, 3.8) is 0 Å². The van der Waals surface area contributed by atoms with Crippen molar-refractivity contribution in [3.8, 4) is 0 Å². The van der Waals surface area contributed by atoms with Crippen LogP contribution in [0.2, 0.25) is 0 Å². The number of aromatic amines is 1. The van der Waals surface area contributed by atoms with E-state index in [0.717, 1.165) is 29.5 Å². The second kappa shape index (κ2) is 7.31. The van der Waals surface area contributed by atoms with Gasteiger partial charge in [0.25, 0.3) is 5.56 Å². The van der Waals surface area contributed by atoms with Crippen LogP contribution in [0.4, 0.5) is 0 Å². The third-order valence-electron chi connectivity index (χ3n) is 4.77. The van der Waals surface area contributed by atoms with Crippen LogP contribution in [-0.2, 0) is 25.9 Å². The van der Waals surface area contributed by atoms with Gasteiger partial charge in [-0.25, -0.2) is 4.98 Å². The van der Waals surface area contributed by atoms with Crippen LogP contribution in [0.5, 0.6) is 0 Å². The van der Waals surface area contributed by atoms with Crippen LogP contribution >= 0.6 is 11.3 Å². The Hall–Kier alpha value is -2.02. The molecule has 0 spiro atoms. The van der Waals surface area contributed by atoms with Gasteiger partial charge in [0.05, 0.1) is 18.0 Å². The Kier molecular flexibility index (Phi) is 4.89. The Morgan fingerprint density at radius 1 is 1.27 bits per heavy atom. The highest BCUT2D eigenvalue weighted by atomic mass is 32.1. The predicted octanol–water partition coefficient (Wildman–Crippen LogP) is 2.86. The van der Waals surface area contributed by atoms with E-state index in [9.17, 15) is 9.90 Å². The van der Waals surface area contributed by atoms with Gasteiger partial charge in [-0.2, -0.15) is 0 Å². The lowest BCUT2D eigenvalue weighted by atomic mass is 10.2. The molecule has 26 heavy (non-hydrogen) atoms. The summed E-state index contributed by atoms with van der Waals surface area (Å²) in [6, 6.07) is 10.1. The molecule has 0 bridgehead atoms. The third-order valence-corrected chi connectivity index (χ3v) is 5.95. The van der Waals surface area contributed by atoms with Gasteiger partial charge in [0.2, 0.25) is 0 Å². The summed E-state index contributed by atoms with van der Waals surface area (Å²) in [6.07, 6.45) is 2.74. The lowest BCUT2D eigenvalue weighted by molar-refractivity contribution is 0.116. The van der Waals surface area contributed by atoms with Crippen LogP contribution in [0.1, 0.15) is 35.2 Å². The summed E-state index contributed by atoms with van der Waals surface area (Å²) in [7, 11) is 0. The number of nitrogens with zero attached hydrogens (tertiary/aromatic N) is 2. The molecule has 136 valence electrons. The van der Waals surface area contributed by atoms with Gasteiger partial charge in [0, 0.05) is 18.0 Å². The van der Waals surface area contributed by atoms with Crippen molar-refractivity contribution in [2.45, 2.75) is 45.4 Å². The zero-order valence-corrected chi connectivity index (χ0v) is 15.7. The van der Waals surface area contributed by atoms with Crippen LogP contribution < -0.4 is 5.56 Å². The normalized spacial score (nSPS) is 14.9. The van der Waals surface area contributed by atoms with E-state index in [4.69, 9.17) is 4.98 Å². The molecule has 1 aliphatic rings. The Labute approximate surface area is 156 Å². The summed E-state index contributed by atoms with van der Waals surface area (Å²) in [5.41, 5.74) is 2.35. The third kappa shape index (κ3) is 3.58. The first kappa shape index (κ1) is 17.4. The van der Waals surface area contributed by atoms with E-state index >= 15 is 0 Å². The molecule has 0 aliphatic heterocycles. The maximum absolute atomic E-state index is 12.6. The molecule has 0 fully saturated rings. The number of aliphatic hydroxyl groups excluding tert-OH is 1. The summed E-state index contributed by atoms with van der Waals surface area (Å²) in [5.74, 6) is 0.666. The van der Waals surface area contributed by atoms with Crippen LogP contribution in [-0.4, -0.2) is 32.6 Å². The lowest BCUT2D eigenvalue weighted by Gasteiger charge is -2.23. The summed E-state index contributed by atoms with van der Waals surface area (Å²) in [5, 5.41) is 10.6. The van der Waals surface area contributed by atoms with E-state index in [1.165, 1.54) is 16.0 Å². The van der Waals surface area contributed by atoms with E-state index < -0.39 is 6.10 Å².